The van der Waals surface area contributed by atoms with Crippen molar-refractivity contribution in [2.24, 2.45) is 7.05 Å². The van der Waals surface area contributed by atoms with Crippen molar-refractivity contribution in [1.82, 2.24) is 15.1 Å². The summed E-state index contributed by atoms with van der Waals surface area (Å²) in [4.78, 5) is 24.1. The Morgan fingerprint density at radius 2 is 2.11 bits per heavy atom. The normalized spacial score (nSPS) is 16.2. The lowest BCUT2D eigenvalue weighted by Gasteiger charge is -2.26. The molecule has 0 spiro atoms. The number of carbonyl (C=O) groups is 2. The number of esters is 1. The summed E-state index contributed by atoms with van der Waals surface area (Å²) in [6.45, 7) is 3.53. The molecule has 1 amide bonds. The Morgan fingerprint density at radius 1 is 1.33 bits per heavy atom. The summed E-state index contributed by atoms with van der Waals surface area (Å²) in [6, 6.07) is 8.13. The maximum atomic E-state index is 12.2. The molecule has 0 bridgehead atoms. The van der Waals surface area contributed by atoms with E-state index in [0.717, 1.165) is 41.8 Å². The minimum absolute atomic E-state index is 0.0163. The van der Waals surface area contributed by atoms with Gasteiger partial charge in [0.2, 0.25) is 0 Å². The van der Waals surface area contributed by atoms with Gasteiger partial charge < -0.3 is 10.1 Å². The third-order valence-corrected chi connectivity index (χ3v) is 5.00. The molecule has 0 saturated carbocycles. The standard InChI is InChI=1S/C21H25N3O3/c1-14-17(15(2)24(3)23-14)11-12-21(26)27-13-20(25)22-19-10-6-8-16-7-4-5-9-18(16)19/h4-5,7,9,11-12,19H,6,8,10,13H2,1-3H3,(H,22,25)/b12-11+/t19-/m1/s1. The molecule has 0 unspecified atom stereocenters. The molecule has 2 aromatic rings. The van der Waals surface area contributed by atoms with Gasteiger partial charge in [0.05, 0.1) is 11.7 Å². The number of nitrogens with one attached hydrogen (secondary N) is 1. The largest absolute Gasteiger partial charge is 0.452 e. The van der Waals surface area contributed by atoms with Crippen LogP contribution in [0, 0.1) is 13.8 Å². The number of aromatic nitrogens is 2. The average molecular weight is 367 g/mol. The zero-order chi connectivity index (χ0) is 19.4. The number of carbonyl (C=O) groups excluding carboxylic acids is 2. The number of hydrogen-bond acceptors (Lipinski definition) is 4. The van der Waals surface area contributed by atoms with Crippen molar-refractivity contribution in [3.05, 3.63) is 58.4 Å². The molecule has 27 heavy (non-hydrogen) atoms. The topological polar surface area (TPSA) is 73.2 Å². The number of rotatable bonds is 5. The Hall–Kier alpha value is -2.89. The first-order chi connectivity index (χ1) is 13.0. The minimum Gasteiger partial charge on any atom is -0.452 e. The maximum Gasteiger partial charge on any atom is 0.331 e. The van der Waals surface area contributed by atoms with Crippen LogP contribution in [0.1, 0.15) is 47.0 Å². The van der Waals surface area contributed by atoms with E-state index in [1.54, 1.807) is 10.8 Å². The Morgan fingerprint density at radius 3 is 2.85 bits per heavy atom. The van der Waals surface area contributed by atoms with E-state index in [-0.39, 0.29) is 18.6 Å². The van der Waals surface area contributed by atoms with Crippen LogP contribution in [0.25, 0.3) is 6.08 Å². The second-order valence-corrected chi connectivity index (χ2v) is 6.86. The van der Waals surface area contributed by atoms with Gasteiger partial charge >= 0.3 is 5.97 Å². The van der Waals surface area contributed by atoms with E-state index >= 15 is 0 Å². The third kappa shape index (κ3) is 4.45. The molecule has 6 nitrogen and oxygen atoms in total. The van der Waals surface area contributed by atoms with Crippen molar-refractivity contribution in [3.8, 4) is 0 Å². The molecule has 1 aliphatic carbocycles. The predicted octanol–water partition coefficient (Wildman–Crippen LogP) is 2.79. The summed E-state index contributed by atoms with van der Waals surface area (Å²) in [7, 11) is 1.85. The zero-order valence-corrected chi connectivity index (χ0v) is 16.0. The summed E-state index contributed by atoms with van der Waals surface area (Å²) in [5.74, 6) is -0.830. The average Bonchev–Trinajstić information content (AvgIpc) is 2.90. The predicted molar refractivity (Wildman–Crippen MR) is 103 cm³/mol. The molecule has 1 aromatic carbocycles. The maximum absolute atomic E-state index is 12.2. The first-order valence-corrected chi connectivity index (χ1v) is 9.18. The van der Waals surface area contributed by atoms with Gasteiger partial charge in [-0.2, -0.15) is 5.10 Å². The van der Waals surface area contributed by atoms with Crippen LogP contribution in [0.15, 0.2) is 30.3 Å². The van der Waals surface area contributed by atoms with Crippen LogP contribution >= 0.6 is 0 Å². The summed E-state index contributed by atoms with van der Waals surface area (Å²) >= 11 is 0. The van der Waals surface area contributed by atoms with Crippen molar-refractivity contribution in [3.63, 3.8) is 0 Å². The highest BCUT2D eigenvalue weighted by atomic mass is 16.5. The molecule has 3 rings (SSSR count). The summed E-state index contributed by atoms with van der Waals surface area (Å²) in [5, 5.41) is 7.27. The fraction of sp³-hybridized carbons (Fsp3) is 0.381. The van der Waals surface area contributed by atoms with Gasteiger partial charge in [-0.05, 0) is 50.3 Å². The van der Waals surface area contributed by atoms with Crippen LogP contribution in [0.2, 0.25) is 0 Å². The molecular formula is C21H25N3O3. The van der Waals surface area contributed by atoms with E-state index in [0.29, 0.717) is 0 Å². The van der Waals surface area contributed by atoms with Crippen LogP contribution in [0.5, 0.6) is 0 Å². The number of benzene rings is 1. The highest BCUT2D eigenvalue weighted by molar-refractivity contribution is 5.89. The molecule has 0 aliphatic heterocycles. The Kier molecular flexibility index (Phi) is 5.74. The number of hydrogen-bond donors (Lipinski definition) is 1. The summed E-state index contributed by atoms with van der Waals surface area (Å²) in [5.41, 5.74) is 5.12. The van der Waals surface area contributed by atoms with E-state index in [9.17, 15) is 9.59 Å². The van der Waals surface area contributed by atoms with Gasteiger partial charge in [-0.25, -0.2) is 4.79 Å². The van der Waals surface area contributed by atoms with Gasteiger partial charge in [0.25, 0.3) is 5.91 Å². The van der Waals surface area contributed by atoms with Crippen molar-refractivity contribution >= 4 is 18.0 Å². The molecular weight excluding hydrogens is 342 g/mol. The SMILES string of the molecule is Cc1nn(C)c(C)c1/C=C/C(=O)OCC(=O)N[C@@H]1CCCc2ccccc21. The quantitative estimate of drug-likeness (QED) is 0.651. The molecule has 1 aromatic heterocycles. The fourth-order valence-corrected chi connectivity index (χ4v) is 3.51. The summed E-state index contributed by atoms with van der Waals surface area (Å²) in [6.07, 6.45) is 5.98. The molecule has 142 valence electrons. The first-order valence-electron chi connectivity index (χ1n) is 9.18. The van der Waals surface area contributed by atoms with Crippen LogP contribution in [0.4, 0.5) is 0 Å². The Bertz CT molecular complexity index is 883. The van der Waals surface area contributed by atoms with Gasteiger partial charge in [0, 0.05) is 24.4 Å². The molecule has 0 fully saturated rings. The molecule has 1 atom stereocenters. The number of ether oxygens (including phenoxy) is 1. The molecule has 1 heterocycles. The van der Waals surface area contributed by atoms with Crippen LogP contribution in [-0.4, -0.2) is 28.3 Å². The van der Waals surface area contributed by atoms with E-state index in [1.807, 2.05) is 39.1 Å². The smallest absolute Gasteiger partial charge is 0.331 e. The summed E-state index contributed by atoms with van der Waals surface area (Å²) < 4.78 is 6.84. The second-order valence-electron chi connectivity index (χ2n) is 6.86. The molecule has 6 heteroatoms. The van der Waals surface area contributed by atoms with E-state index < -0.39 is 5.97 Å². The van der Waals surface area contributed by atoms with Crippen molar-refractivity contribution in [2.75, 3.05) is 6.61 Å². The number of amides is 1. The highest BCUT2D eigenvalue weighted by Gasteiger charge is 2.21. The van der Waals surface area contributed by atoms with Crippen LogP contribution in [0.3, 0.4) is 0 Å². The van der Waals surface area contributed by atoms with E-state index in [4.69, 9.17) is 4.74 Å². The van der Waals surface area contributed by atoms with Crippen molar-refractivity contribution in [2.45, 2.75) is 39.2 Å². The third-order valence-electron chi connectivity index (χ3n) is 5.00. The molecule has 0 saturated heterocycles. The van der Waals surface area contributed by atoms with Crippen molar-refractivity contribution in [1.29, 1.82) is 0 Å². The minimum atomic E-state index is -0.545. The number of nitrogens with zero attached hydrogens (tertiary/aromatic N) is 2. The molecule has 1 aliphatic rings. The van der Waals surface area contributed by atoms with E-state index in [1.165, 1.54) is 11.6 Å². The van der Waals surface area contributed by atoms with E-state index in [2.05, 4.69) is 16.5 Å². The van der Waals surface area contributed by atoms with Crippen LogP contribution < -0.4 is 5.32 Å². The first kappa shape index (κ1) is 18.9. The highest BCUT2D eigenvalue weighted by Crippen LogP contribution is 2.29. The fourth-order valence-electron chi connectivity index (χ4n) is 3.51. The van der Waals surface area contributed by atoms with Gasteiger partial charge in [0.15, 0.2) is 6.61 Å². The monoisotopic (exact) mass is 367 g/mol. The number of aryl methyl sites for hydroxylation is 3. The van der Waals surface area contributed by atoms with Gasteiger partial charge in [-0.1, -0.05) is 24.3 Å². The Labute approximate surface area is 159 Å². The molecule has 0 radical (unpaired) electrons. The van der Waals surface area contributed by atoms with Gasteiger partial charge in [-0.15, -0.1) is 0 Å². The van der Waals surface area contributed by atoms with Gasteiger partial charge in [0.1, 0.15) is 0 Å². The Balaban J connectivity index is 1.52. The zero-order valence-electron chi connectivity index (χ0n) is 16.0. The lowest BCUT2D eigenvalue weighted by molar-refractivity contribution is -0.144. The van der Waals surface area contributed by atoms with Crippen LogP contribution in [-0.2, 0) is 27.8 Å². The number of fused-ring (bicyclic) bond motifs is 1. The van der Waals surface area contributed by atoms with Gasteiger partial charge in [-0.3, -0.25) is 9.48 Å². The molecule has 1 N–H and O–H groups in total. The lowest BCUT2D eigenvalue weighted by Crippen LogP contribution is -2.34. The van der Waals surface area contributed by atoms with Crippen molar-refractivity contribution < 1.29 is 14.3 Å². The second kappa shape index (κ2) is 8.20. The lowest BCUT2D eigenvalue weighted by atomic mass is 9.88.